The van der Waals surface area contributed by atoms with Crippen LogP contribution in [0.3, 0.4) is 0 Å². The topological polar surface area (TPSA) is 266 Å². The highest BCUT2D eigenvalue weighted by molar-refractivity contribution is 7.85. The van der Waals surface area contributed by atoms with Gasteiger partial charge < -0.3 is 36.1 Å². The lowest BCUT2D eigenvalue weighted by Crippen LogP contribution is -2.41. The molecule has 3 aromatic rings. The molecule has 0 saturated heterocycles. The van der Waals surface area contributed by atoms with Gasteiger partial charge in [-0.3, -0.25) is 23.7 Å². The third kappa shape index (κ3) is 33.1. The molecule has 2 amide bonds. The van der Waals surface area contributed by atoms with Crippen LogP contribution in [0.2, 0.25) is 0 Å². The van der Waals surface area contributed by atoms with Crippen LogP contribution in [0.5, 0.6) is 0 Å². The van der Waals surface area contributed by atoms with Gasteiger partial charge in [-0.05, 0) is 67.2 Å². The molecule has 3 rings (SSSR count). The maximum Gasteiger partial charge on any atom is 0.328 e. The normalized spacial score (nSPS) is 11.8. The van der Waals surface area contributed by atoms with Crippen LogP contribution in [0.1, 0.15) is 98.3 Å². The van der Waals surface area contributed by atoms with Gasteiger partial charge in [0.2, 0.25) is 11.8 Å². The molecule has 17 heteroatoms. The van der Waals surface area contributed by atoms with E-state index in [9.17, 15) is 32.4 Å². The minimum atomic E-state index is -4.02. The van der Waals surface area contributed by atoms with Gasteiger partial charge in [-0.25, -0.2) is 9.59 Å². The maximum absolute atomic E-state index is 12.0. The van der Waals surface area contributed by atoms with E-state index in [4.69, 9.17) is 34.8 Å². The Morgan fingerprint density at radius 1 is 0.597 bits per heavy atom. The summed E-state index contributed by atoms with van der Waals surface area (Å²) in [6, 6.07) is 23.2. The van der Waals surface area contributed by atoms with E-state index in [1.165, 1.54) is 26.0 Å². The standard InChI is InChI=1S/C15H21NO3.C13H19NO2.C8H15NO3.C7H8O3S.C2H4O2/c1-11(2)9-14(16-12(3)17)15(18)19-10-13-7-5-4-6-8-13;1-10(2)8-12(14)13(15)16-9-11-6-4-3-5-7-11;1-5(2)4-7(8(11)12)9-6(3)10;1-6-2-4-7(5-3-6)11(8,9)10;1-2(3)4/h4-8,11,14H,9-10H2,1-3H3,(H,16,17);3-7,10,12H,8-9,14H2,1-2H3;5,7H,4H2,1-3H3,(H,9,10)(H,11,12);2-5H,1H3,(H,8,9,10);1H3,(H,3,4)/t14-;12-;7-;;/m000../s1. The Morgan fingerprint density at radius 2 is 0.952 bits per heavy atom. The highest BCUT2D eigenvalue weighted by Crippen LogP contribution is 2.11. The number of aryl methyl sites for hydroxylation is 1. The lowest BCUT2D eigenvalue weighted by molar-refractivity contribution is -0.149. The van der Waals surface area contributed by atoms with E-state index in [1.54, 1.807) is 12.1 Å². The molecule has 62 heavy (non-hydrogen) atoms. The molecule has 0 heterocycles. The van der Waals surface area contributed by atoms with Crippen LogP contribution < -0.4 is 16.4 Å². The summed E-state index contributed by atoms with van der Waals surface area (Å²) in [7, 11) is -4.02. The van der Waals surface area contributed by atoms with Gasteiger partial charge in [0, 0.05) is 20.8 Å². The second-order valence-electron chi connectivity index (χ2n) is 15.3. The summed E-state index contributed by atoms with van der Waals surface area (Å²) < 4.78 is 39.9. The largest absolute Gasteiger partial charge is 0.481 e. The molecule has 0 radical (unpaired) electrons. The SMILES string of the molecule is CC(=O)N[C@@H](CC(C)C)C(=O)O.CC(=O)N[C@@H](CC(C)C)C(=O)OCc1ccccc1.CC(=O)O.CC(C)C[C@H](N)C(=O)OCc1ccccc1.Cc1ccc(S(=O)(=O)O)cc1. The van der Waals surface area contributed by atoms with Gasteiger partial charge in [-0.15, -0.1) is 0 Å². The van der Waals surface area contributed by atoms with Gasteiger partial charge >= 0.3 is 17.9 Å². The van der Waals surface area contributed by atoms with E-state index >= 15 is 0 Å². The van der Waals surface area contributed by atoms with Crippen LogP contribution in [0, 0.1) is 24.7 Å². The monoisotopic (exact) mass is 889 g/mol. The zero-order chi connectivity index (χ0) is 48.0. The summed E-state index contributed by atoms with van der Waals surface area (Å²) in [5.74, 6) is -2.06. The number of carboxylic acids is 2. The summed E-state index contributed by atoms with van der Waals surface area (Å²) in [5, 5.41) is 21.1. The highest BCUT2D eigenvalue weighted by Gasteiger charge is 2.22. The van der Waals surface area contributed by atoms with Crippen LogP contribution in [0.4, 0.5) is 0 Å². The number of hydrogen-bond acceptors (Lipinski definition) is 11. The van der Waals surface area contributed by atoms with E-state index in [0.29, 0.717) is 37.7 Å². The minimum Gasteiger partial charge on any atom is -0.481 e. The van der Waals surface area contributed by atoms with Crippen molar-refractivity contribution in [3.63, 3.8) is 0 Å². The molecule has 346 valence electrons. The first-order valence-electron chi connectivity index (χ1n) is 19.9. The zero-order valence-corrected chi connectivity index (χ0v) is 38.3. The van der Waals surface area contributed by atoms with E-state index < -0.39 is 40.2 Å². The summed E-state index contributed by atoms with van der Waals surface area (Å²) in [6.45, 7) is 18.1. The molecule has 7 N–H and O–H groups in total. The Bertz CT molecular complexity index is 1870. The molecule has 0 spiro atoms. The first-order chi connectivity index (χ1) is 28.7. The number of aliphatic carboxylic acids is 2. The number of amides is 2. The third-order valence-electron chi connectivity index (χ3n) is 7.55. The van der Waals surface area contributed by atoms with Crippen molar-refractivity contribution in [3.8, 4) is 0 Å². The van der Waals surface area contributed by atoms with Crippen molar-refractivity contribution in [3.05, 3.63) is 102 Å². The van der Waals surface area contributed by atoms with Crippen LogP contribution in [0.25, 0.3) is 0 Å². The molecule has 0 unspecified atom stereocenters. The molecule has 16 nitrogen and oxygen atoms in total. The van der Waals surface area contributed by atoms with Crippen LogP contribution in [-0.2, 0) is 61.6 Å². The number of benzene rings is 3. The summed E-state index contributed by atoms with van der Waals surface area (Å²) in [6.07, 6.45) is 1.70. The quantitative estimate of drug-likeness (QED) is 0.0677. The van der Waals surface area contributed by atoms with Crippen molar-refractivity contribution in [1.82, 2.24) is 10.6 Å². The molecule has 0 aliphatic heterocycles. The highest BCUT2D eigenvalue weighted by atomic mass is 32.2. The Morgan fingerprint density at radius 3 is 1.29 bits per heavy atom. The van der Waals surface area contributed by atoms with Crippen molar-refractivity contribution in [2.24, 2.45) is 23.5 Å². The predicted molar refractivity (Wildman–Crippen MR) is 236 cm³/mol. The van der Waals surface area contributed by atoms with Gasteiger partial charge in [-0.2, -0.15) is 8.42 Å². The number of hydrogen-bond donors (Lipinski definition) is 6. The van der Waals surface area contributed by atoms with E-state index in [-0.39, 0.29) is 41.2 Å². The average Bonchev–Trinajstić information content (AvgIpc) is 3.15. The lowest BCUT2D eigenvalue weighted by atomic mass is 10.0. The van der Waals surface area contributed by atoms with Crippen LogP contribution in [-0.4, -0.2) is 77.0 Å². The molecule has 0 aromatic heterocycles. The average molecular weight is 890 g/mol. The first-order valence-corrected chi connectivity index (χ1v) is 21.4. The number of carbonyl (C=O) groups excluding carboxylic acids is 4. The first kappa shape index (κ1) is 58.4. The molecule has 0 aliphatic carbocycles. The number of carboxylic acid groups (broad SMARTS) is 2. The summed E-state index contributed by atoms with van der Waals surface area (Å²) in [4.78, 5) is 64.6. The molecule has 0 saturated carbocycles. The summed E-state index contributed by atoms with van der Waals surface area (Å²) >= 11 is 0. The lowest BCUT2D eigenvalue weighted by Gasteiger charge is -2.18. The Labute approximate surface area is 366 Å². The van der Waals surface area contributed by atoms with E-state index in [2.05, 4.69) is 10.6 Å². The molecule has 3 atom stereocenters. The van der Waals surface area contributed by atoms with Gasteiger partial charge in [0.25, 0.3) is 16.1 Å². The van der Waals surface area contributed by atoms with Crippen molar-refractivity contribution >= 4 is 45.8 Å². The number of carbonyl (C=O) groups is 6. The van der Waals surface area contributed by atoms with E-state index in [0.717, 1.165) is 23.6 Å². The molecule has 0 aliphatic rings. The van der Waals surface area contributed by atoms with Crippen molar-refractivity contribution in [2.75, 3.05) is 0 Å². The molecule has 0 bridgehead atoms. The summed E-state index contributed by atoms with van der Waals surface area (Å²) in [5.41, 5.74) is 8.58. The fraction of sp³-hybridized carbons (Fsp3) is 0.467. The van der Waals surface area contributed by atoms with E-state index in [1.807, 2.05) is 109 Å². The third-order valence-corrected chi connectivity index (χ3v) is 8.41. The Hall–Kier alpha value is -5.65. The van der Waals surface area contributed by atoms with Crippen molar-refractivity contribution in [2.45, 2.75) is 125 Å². The van der Waals surface area contributed by atoms with Gasteiger partial charge in [0.1, 0.15) is 31.3 Å². The second-order valence-corrected chi connectivity index (χ2v) is 16.8. The number of esters is 2. The molecule has 3 aromatic carbocycles. The van der Waals surface area contributed by atoms with Crippen molar-refractivity contribution < 1.29 is 61.4 Å². The number of rotatable bonds is 16. The fourth-order valence-electron chi connectivity index (χ4n) is 4.85. The Kier molecular flexibility index (Phi) is 30.3. The second kappa shape index (κ2) is 32.1. The predicted octanol–water partition coefficient (Wildman–Crippen LogP) is 6.34. The number of nitrogens with one attached hydrogen (secondary N) is 2. The van der Waals surface area contributed by atoms with Crippen LogP contribution in [0.15, 0.2) is 89.8 Å². The Balaban J connectivity index is 0. The zero-order valence-electron chi connectivity index (χ0n) is 37.5. The fourth-order valence-corrected chi connectivity index (χ4v) is 5.33. The molecular weight excluding hydrogens is 823 g/mol. The number of nitrogens with two attached hydrogens (primary N) is 1. The van der Waals surface area contributed by atoms with Gasteiger partial charge in [-0.1, -0.05) is 120 Å². The number of ether oxygens (including phenoxy) is 2. The molecule has 0 fully saturated rings. The van der Waals surface area contributed by atoms with Crippen LogP contribution >= 0.6 is 0 Å². The smallest absolute Gasteiger partial charge is 0.328 e. The maximum atomic E-state index is 12.0. The van der Waals surface area contributed by atoms with Crippen molar-refractivity contribution in [1.29, 1.82) is 0 Å². The molecular formula is C45H67N3O13S. The minimum absolute atomic E-state index is 0.0666. The van der Waals surface area contributed by atoms with Gasteiger partial charge in [0.15, 0.2) is 0 Å². The van der Waals surface area contributed by atoms with Gasteiger partial charge in [0.05, 0.1) is 4.90 Å².